The molecule has 1 aromatic heterocycles. The molecular formula is C14H20N4OS. The fourth-order valence-electron chi connectivity index (χ4n) is 1.89. The Kier molecular flexibility index (Phi) is 4.54. The van der Waals surface area contributed by atoms with Gasteiger partial charge in [-0.15, -0.1) is 0 Å². The van der Waals surface area contributed by atoms with Gasteiger partial charge in [-0.3, -0.25) is 4.21 Å². The maximum atomic E-state index is 12.4. The number of rotatable bonds is 5. The van der Waals surface area contributed by atoms with Crippen LogP contribution in [-0.2, 0) is 23.1 Å². The fraction of sp³-hybridized carbons (Fsp3) is 0.429. The van der Waals surface area contributed by atoms with Gasteiger partial charge in [-0.2, -0.15) is 5.10 Å². The second kappa shape index (κ2) is 6.17. The van der Waals surface area contributed by atoms with E-state index in [1.54, 1.807) is 6.07 Å². The molecule has 1 heterocycles. The summed E-state index contributed by atoms with van der Waals surface area (Å²) in [7, 11) is -1.14. The zero-order valence-corrected chi connectivity index (χ0v) is 12.9. The predicted octanol–water partition coefficient (Wildman–Crippen LogP) is 2.13. The van der Waals surface area contributed by atoms with Crippen LogP contribution in [0.2, 0.25) is 0 Å². The number of nitrogens with two attached hydrogens (primary N) is 1. The van der Waals surface area contributed by atoms with Crippen LogP contribution in [0.4, 0.5) is 5.69 Å². The highest BCUT2D eigenvalue weighted by atomic mass is 32.2. The third-order valence-corrected chi connectivity index (χ3v) is 4.30. The first-order chi connectivity index (χ1) is 9.47. The molecule has 108 valence electrons. The van der Waals surface area contributed by atoms with Crippen LogP contribution >= 0.6 is 0 Å². The average Bonchev–Trinajstić information content (AvgIpc) is 2.79. The molecule has 6 heteroatoms. The maximum absolute atomic E-state index is 12.4. The van der Waals surface area contributed by atoms with Crippen LogP contribution in [-0.4, -0.2) is 19.0 Å². The Balaban J connectivity index is 2.15. The summed E-state index contributed by atoms with van der Waals surface area (Å²) in [6.07, 6.45) is 1.52. The summed E-state index contributed by atoms with van der Waals surface area (Å²) in [5.41, 5.74) is 7.44. The molecule has 0 amide bonds. The minimum atomic E-state index is -1.14. The van der Waals surface area contributed by atoms with Crippen molar-refractivity contribution in [2.45, 2.75) is 38.0 Å². The first kappa shape index (κ1) is 14.7. The molecule has 2 rings (SSSR count). The molecule has 0 aliphatic heterocycles. The Labute approximate surface area is 121 Å². The van der Waals surface area contributed by atoms with E-state index in [-0.39, 0.29) is 0 Å². The number of aryl methyl sites for hydroxylation is 1. The molecular weight excluding hydrogens is 272 g/mol. The van der Waals surface area contributed by atoms with E-state index in [9.17, 15) is 4.21 Å². The highest BCUT2D eigenvalue weighted by Gasteiger charge is 2.12. The molecule has 0 fully saturated rings. The van der Waals surface area contributed by atoms with Gasteiger partial charge in [0.2, 0.25) is 0 Å². The van der Waals surface area contributed by atoms with Crippen molar-refractivity contribution >= 4 is 16.5 Å². The first-order valence-electron chi connectivity index (χ1n) is 6.58. The van der Waals surface area contributed by atoms with Crippen LogP contribution in [0, 0.1) is 12.8 Å². The molecule has 0 bridgehead atoms. The Morgan fingerprint density at radius 1 is 1.40 bits per heavy atom. The van der Waals surface area contributed by atoms with Crippen molar-refractivity contribution in [2.24, 2.45) is 5.92 Å². The van der Waals surface area contributed by atoms with Crippen molar-refractivity contribution in [1.29, 1.82) is 0 Å². The van der Waals surface area contributed by atoms with Gasteiger partial charge in [0, 0.05) is 17.1 Å². The van der Waals surface area contributed by atoms with E-state index in [4.69, 9.17) is 5.73 Å². The van der Waals surface area contributed by atoms with E-state index in [1.807, 2.05) is 23.7 Å². The molecule has 1 aromatic carbocycles. The van der Waals surface area contributed by atoms with E-state index in [2.05, 4.69) is 23.9 Å². The fourth-order valence-corrected chi connectivity index (χ4v) is 3.04. The highest BCUT2D eigenvalue weighted by molar-refractivity contribution is 7.84. The summed E-state index contributed by atoms with van der Waals surface area (Å²) >= 11 is 0. The highest BCUT2D eigenvalue weighted by Crippen LogP contribution is 2.17. The van der Waals surface area contributed by atoms with Crippen molar-refractivity contribution in [1.82, 2.24) is 14.8 Å². The van der Waals surface area contributed by atoms with Crippen molar-refractivity contribution in [3.05, 3.63) is 35.9 Å². The summed E-state index contributed by atoms with van der Waals surface area (Å²) in [4.78, 5) is 4.98. The van der Waals surface area contributed by atoms with Gasteiger partial charge >= 0.3 is 0 Å². The smallest absolute Gasteiger partial charge is 0.139 e. The van der Waals surface area contributed by atoms with Crippen molar-refractivity contribution in [3.8, 4) is 0 Å². The van der Waals surface area contributed by atoms with Crippen LogP contribution in [0.1, 0.15) is 25.2 Å². The van der Waals surface area contributed by atoms with E-state index >= 15 is 0 Å². The van der Waals surface area contributed by atoms with Crippen LogP contribution in [0.15, 0.2) is 29.4 Å². The molecule has 0 saturated heterocycles. The summed E-state index contributed by atoms with van der Waals surface area (Å²) in [5, 5.41) is 4.19. The maximum Gasteiger partial charge on any atom is 0.139 e. The lowest BCUT2D eigenvalue weighted by Gasteiger charge is -2.09. The predicted molar refractivity (Wildman–Crippen MR) is 80.6 cm³/mol. The third kappa shape index (κ3) is 3.45. The lowest BCUT2D eigenvalue weighted by Crippen LogP contribution is -2.12. The Hall–Kier alpha value is -1.69. The van der Waals surface area contributed by atoms with Gasteiger partial charge in [0.1, 0.15) is 12.2 Å². The molecule has 20 heavy (non-hydrogen) atoms. The average molecular weight is 292 g/mol. The Bertz CT molecular complexity index is 621. The lowest BCUT2D eigenvalue weighted by molar-refractivity contribution is 0.471. The van der Waals surface area contributed by atoms with Crippen molar-refractivity contribution < 1.29 is 4.21 Å². The molecule has 1 unspecified atom stereocenters. The number of hydrogen-bond acceptors (Lipinski definition) is 4. The van der Waals surface area contributed by atoms with Crippen molar-refractivity contribution in [2.75, 3.05) is 5.73 Å². The Morgan fingerprint density at radius 3 is 2.80 bits per heavy atom. The second-order valence-corrected chi connectivity index (χ2v) is 6.71. The Morgan fingerprint density at radius 2 is 2.15 bits per heavy atom. The topological polar surface area (TPSA) is 73.8 Å². The molecule has 0 aliphatic carbocycles. The zero-order valence-electron chi connectivity index (χ0n) is 12.0. The SMILES string of the molecule is Cc1cc(S(=O)Cc2ncnn2CC(C)C)ccc1N. The number of aromatic nitrogens is 3. The van der Waals surface area contributed by atoms with Crippen molar-refractivity contribution in [3.63, 3.8) is 0 Å². The summed E-state index contributed by atoms with van der Waals surface area (Å²) in [5.74, 6) is 1.60. The van der Waals surface area contributed by atoms with Gasteiger partial charge in [0.15, 0.2) is 0 Å². The van der Waals surface area contributed by atoms with Crippen LogP contribution in [0.3, 0.4) is 0 Å². The molecule has 0 aliphatic rings. The van der Waals surface area contributed by atoms with E-state index in [1.165, 1.54) is 6.33 Å². The number of benzene rings is 1. The van der Waals surface area contributed by atoms with Crippen LogP contribution < -0.4 is 5.73 Å². The van der Waals surface area contributed by atoms with E-state index in [0.29, 0.717) is 17.4 Å². The second-order valence-electron chi connectivity index (χ2n) is 5.26. The summed E-state index contributed by atoms with van der Waals surface area (Å²) in [6.45, 7) is 6.93. The normalized spacial score (nSPS) is 12.8. The zero-order chi connectivity index (χ0) is 14.7. The molecule has 2 aromatic rings. The molecule has 1 atom stereocenters. The lowest BCUT2D eigenvalue weighted by atomic mass is 10.2. The van der Waals surface area contributed by atoms with Gasteiger partial charge in [-0.25, -0.2) is 9.67 Å². The molecule has 2 N–H and O–H groups in total. The molecule has 0 spiro atoms. The van der Waals surface area contributed by atoms with E-state index < -0.39 is 10.8 Å². The minimum Gasteiger partial charge on any atom is -0.399 e. The quantitative estimate of drug-likeness (QED) is 0.857. The third-order valence-electron chi connectivity index (χ3n) is 3.00. The largest absolute Gasteiger partial charge is 0.399 e. The molecule has 5 nitrogen and oxygen atoms in total. The summed E-state index contributed by atoms with van der Waals surface area (Å²) < 4.78 is 14.2. The van der Waals surface area contributed by atoms with Crippen LogP contribution in [0.5, 0.6) is 0 Å². The van der Waals surface area contributed by atoms with Gasteiger partial charge in [0.25, 0.3) is 0 Å². The number of hydrogen-bond donors (Lipinski definition) is 1. The minimum absolute atomic E-state index is 0.371. The molecule has 0 saturated carbocycles. The van der Waals surface area contributed by atoms with E-state index in [0.717, 1.165) is 22.8 Å². The first-order valence-corrected chi connectivity index (χ1v) is 7.90. The standard InChI is InChI=1S/C14H20N4OS/c1-10(2)7-18-14(16-9-17-18)8-20(19)12-4-5-13(15)11(3)6-12/h4-6,9-10H,7-8,15H2,1-3H3. The monoisotopic (exact) mass is 292 g/mol. The molecule has 0 radical (unpaired) electrons. The van der Waals surface area contributed by atoms with Gasteiger partial charge < -0.3 is 5.73 Å². The summed E-state index contributed by atoms with van der Waals surface area (Å²) in [6, 6.07) is 5.47. The number of nitrogens with zero attached hydrogens (tertiary/aromatic N) is 3. The number of nitrogen functional groups attached to an aromatic ring is 1. The number of anilines is 1. The van der Waals surface area contributed by atoms with Gasteiger partial charge in [-0.05, 0) is 36.6 Å². The van der Waals surface area contributed by atoms with Gasteiger partial charge in [-0.1, -0.05) is 13.8 Å². The van der Waals surface area contributed by atoms with Crippen LogP contribution in [0.25, 0.3) is 0 Å². The van der Waals surface area contributed by atoms with Gasteiger partial charge in [0.05, 0.1) is 16.6 Å².